The van der Waals surface area contributed by atoms with E-state index in [1.165, 1.54) is 6.07 Å². The molecule has 0 aliphatic rings. The summed E-state index contributed by atoms with van der Waals surface area (Å²) in [7, 11) is 0. The molecule has 0 unspecified atom stereocenters. The summed E-state index contributed by atoms with van der Waals surface area (Å²) in [6.07, 6.45) is 0. The smallest absolute Gasteiger partial charge is 0.387 e. The van der Waals surface area contributed by atoms with E-state index in [0.717, 1.165) is 0 Å². The third-order valence-electron chi connectivity index (χ3n) is 1.92. The van der Waals surface area contributed by atoms with Gasteiger partial charge in [-0.15, -0.1) is 0 Å². The van der Waals surface area contributed by atoms with E-state index < -0.39 is 6.61 Å². The summed E-state index contributed by atoms with van der Waals surface area (Å²) in [4.78, 5) is 0. The van der Waals surface area contributed by atoms with Crippen molar-refractivity contribution in [3.05, 3.63) is 21.6 Å². The van der Waals surface area contributed by atoms with E-state index >= 15 is 0 Å². The van der Waals surface area contributed by atoms with Crippen LogP contribution in [0.3, 0.4) is 0 Å². The van der Waals surface area contributed by atoms with Crippen LogP contribution in [0.5, 0.6) is 5.75 Å². The minimum Gasteiger partial charge on any atom is -0.431 e. The van der Waals surface area contributed by atoms with Gasteiger partial charge in [0.25, 0.3) is 0 Å². The predicted octanol–water partition coefficient (Wildman–Crippen LogP) is 4.77. The highest BCUT2D eigenvalue weighted by Gasteiger charge is 2.14. The molecule has 0 saturated heterocycles. The van der Waals surface area contributed by atoms with Gasteiger partial charge in [0, 0.05) is 11.6 Å². The predicted molar refractivity (Wildman–Crippen MR) is 69.1 cm³/mol. The van der Waals surface area contributed by atoms with Crippen LogP contribution in [0.2, 0.25) is 5.02 Å². The molecule has 2 nitrogen and oxygen atoms in total. The molecule has 1 N–H and O–H groups in total. The van der Waals surface area contributed by atoms with Gasteiger partial charge in [0.2, 0.25) is 0 Å². The first-order chi connectivity index (χ1) is 7.90. The van der Waals surface area contributed by atoms with Crippen molar-refractivity contribution in [1.82, 2.24) is 0 Å². The zero-order valence-electron chi connectivity index (χ0n) is 9.44. The SMILES string of the molecule is CC(C)CNc1cc(Cl)cc(Br)c1OC(F)F. The Bertz CT molecular complexity index is 388. The molecule has 0 aliphatic heterocycles. The van der Waals surface area contributed by atoms with Crippen molar-refractivity contribution in [2.75, 3.05) is 11.9 Å². The monoisotopic (exact) mass is 327 g/mol. The van der Waals surface area contributed by atoms with E-state index in [4.69, 9.17) is 11.6 Å². The van der Waals surface area contributed by atoms with Gasteiger partial charge in [0.15, 0.2) is 5.75 Å². The molecule has 0 atom stereocenters. The van der Waals surface area contributed by atoms with Gasteiger partial charge in [0.1, 0.15) is 0 Å². The van der Waals surface area contributed by atoms with Crippen LogP contribution >= 0.6 is 27.5 Å². The number of hydrogen-bond donors (Lipinski definition) is 1. The minimum atomic E-state index is -2.87. The topological polar surface area (TPSA) is 21.3 Å². The van der Waals surface area contributed by atoms with E-state index in [0.29, 0.717) is 27.6 Å². The van der Waals surface area contributed by atoms with Crippen LogP contribution in [0.15, 0.2) is 16.6 Å². The average molecular weight is 329 g/mol. The Labute approximate surface area is 112 Å². The van der Waals surface area contributed by atoms with Crippen molar-refractivity contribution >= 4 is 33.2 Å². The Hall–Kier alpha value is -0.550. The van der Waals surface area contributed by atoms with Crippen LogP contribution < -0.4 is 10.1 Å². The lowest BCUT2D eigenvalue weighted by molar-refractivity contribution is -0.0498. The molecular weight excluding hydrogens is 315 g/mol. The van der Waals surface area contributed by atoms with Crippen LogP contribution in [0.25, 0.3) is 0 Å². The summed E-state index contributed by atoms with van der Waals surface area (Å²) in [6, 6.07) is 3.08. The molecule has 0 saturated carbocycles. The van der Waals surface area contributed by atoms with Crippen molar-refractivity contribution in [2.24, 2.45) is 5.92 Å². The molecule has 0 spiro atoms. The highest BCUT2D eigenvalue weighted by molar-refractivity contribution is 9.10. The van der Waals surface area contributed by atoms with Gasteiger partial charge < -0.3 is 10.1 Å². The van der Waals surface area contributed by atoms with Crippen molar-refractivity contribution in [1.29, 1.82) is 0 Å². The molecular formula is C11H13BrClF2NO. The van der Waals surface area contributed by atoms with Crippen molar-refractivity contribution in [3.63, 3.8) is 0 Å². The van der Waals surface area contributed by atoms with Crippen LogP contribution in [0.4, 0.5) is 14.5 Å². The summed E-state index contributed by atoms with van der Waals surface area (Å²) >= 11 is 9.01. The largest absolute Gasteiger partial charge is 0.431 e. The average Bonchev–Trinajstić information content (AvgIpc) is 2.18. The van der Waals surface area contributed by atoms with Crippen LogP contribution in [-0.2, 0) is 0 Å². The summed E-state index contributed by atoms with van der Waals surface area (Å²) in [5.41, 5.74) is 0.457. The summed E-state index contributed by atoms with van der Waals surface area (Å²) in [5, 5.41) is 3.48. The molecule has 0 aromatic heterocycles. The summed E-state index contributed by atoms with van der Waals surface area (Å²) in [5.74, 6) is 0.456. The first-order valence-electron chi connectivity index (χ1n) is 5.08. The van der Waals surface area contributed by atoms with Gasteiger partial charge in [-0.1, -0.05) is 25.4 Å². The molecule has 0 aliphatic carbocycles. The zero-order valence-corrected chi connectivity index (χ0v) is 11.8. The molecule has 0 heterocycles. The molecule has 0 amide bonds. The van der Waals surface area contributed by atoms with Gasteiger partial charge in [-0.2, -0.15) is 8.78 Å². The maximum atomic E-state index is 12.3. The summed E-state index contributed by atoms with van der Waals surface area (Å²) in [6.45, 7) is 1.81. The van der Waals surface area contributed by atoms with Gasteiger partial charge >= 0.3 is 6.61 Å². The molecule has 6 heteroatoms. The highest BCUT2D eigenvalue weighted by Crippen LogP contribution is 2.37. The van der Waals surface area contributed by atoms with Gasteiger partial charge in [-0.3, -0.25) is 0 Å². The minimum absolute atomic E-state index is 0.0741. The fourth-order valence-corrected chi connectivity index (χ4v) is 2.12. The van der Waals surface area contributed by atoms with E-state index in [1.807, 2.05) is 13.8 Å². The molecule has 1 rings (SSSR count). The van der Waals surface area contributed by atoms with Gasteiger partial charge in [-0.25, -0.2) is 0 Å². The lowest BCUT2D eigenvalue weighted by Gasteiger charge is -2.16. The van der Waals surface area contributed by atoms with Crippen molar-refractivity contribution in [2.45, 2.75) is 20.5 Å². The number of halogens is 4. The second-order valence-corrected chi connectivity index (χ2v) is 5.21. The molecule has 0 radical (unpaired) electrons. The van der Waals surface area contributed by atoms with E-state index in [1.54, 1.807) is 6.07 Å². The maximum absolute atomic E-state index is 12.3. The lowest BCUT2D eigenvalue weighted by Crippen LogP contribution is -2.11. The fourth-order valence-electron chi connectivity index (χ4n) is 1.21. The molecule has 0 fully saturated rings. The summed E-state index contributed by atoms with van der Waals surface area (Å²) < 4.78 is 29.4. The van der Waals surface area contributed by atoms with E-state index in [9.17, 15) is 8.78 Å². The van der Waals surface area contributed by atoms with Crippen LogP contribution in [-0.4, -0.2) is 13.2 Å². The normalized spacial score (nSPS) is 11.1. The van der Waals surface area contributed by atoms with E-state index in [2.05, 4.69) is 26.0 Å². The number of alkyl halides is 2. The molecule has 1 aromatic carbocycles. The highest BCUT2D eigenvalue weighted by atomic mass is 79.9. The Balaban J connectivity index is 2.98. The van der Waals surface area contributed by atoms with E-state index in [-0.39, 0.29) is 5.75 Å². The number of benzene rings is 1. The molecule has 0 bridgehead atoms. The first kappa shape index (κ1) is 14.5. The zero-order chi connectivity index (χ0) is 13.0. The van der Waals surface area contributed by atoms with Gasteiger partial charge in [-0.05, 0) is 34.0 Å². The Kier molecular flexibility index (Phi) is 5.46. The standard InChI is InChI=1S/C11H13BrClF2NO/c1-6(2)5-16-9-4-7(13)3-8(12)10(9)17-11(14)15/h3-4,6,11,16H,5H2,1-2H3. The molecule has 96 valence electrons. The molecule has 1 aromatic rings. The third kappa shape index (κ3) is 4.68. The van der Waals surface area contributed by atoms with Crippen LogP contribution in [0.1, 0.15) is 13.8 Å². The Morgan fingerprint density at radius 2 is 2.06 bits per heavy atom. The van der Waals surface area contributed by atoms with Crippen LogP contribution in [0, 0.1) is 5.92 Å². The second kappa shape index (κ2) is 6.40. The Morgan fingerprint density at radius 1 is 1.41 bits per heavy atom. The number of hydrogen-bond acceptors (Lipinski definition) is 2. The lowest BCUT2D eigenvalue weighted by atomic mass is 10.2. The number of nitrogens with one attached hydrogen (secondary N) is 1. The number of rotatable bonds is 5. The number of anilines is 1. The maximum Gasteiger partial charge on any atom is 0.387 e. The van der Waals surface area contributed by atoms with Gasteiger partial charge in [0.05, 0.1) is 10.2 Å². The second-order valence-electron chi connectivity index (χ2n) is 3.92. The number of ether oxygens (including phenoxy) is 1. The third-order valence-corrected chi connectivity index (χ3v) is 2.72. The van der Waals surface area contributed by atoms with Crippen molar-refractivity contribution < 1.29 is 13.5 Å². The molecule has 17 heavy (non-hydrogen) atoms. The quantitative estimate of drug-likeness (QED) is 0.840. The first-order valence-corrected chi connectivity index (χ1v) is 6.25. The van der Waals surface area contributed by atoms with Crippen molar-refractivity contribution in [3.8, 4) is 5.75 Å². The Morgan fingerprint density at radius 3 is 2.59 bits per heavy atom. The fraction of sp³-hybridized carbons (Fsp3) is 0.455.